The Morgan fingerprint density at radius 2 is 2.21 bits per heavy atom. The van der Waals surface area contributed by atoms with Crippen molar-refractivity contribution in [2.45, 2.75) is 18.4 Å². The Bertz CT molecular complexity index is 693. The number of hydrogen-bond donors (Lipinski definition) is 2. The molecular weight excluding hydrogens is 266 g/mol. The van der Waals surface area contributed by atoms with Crippen LogP contribution in [0, 0.1) is 6.92 Å². The predicted molar refractivity (Wildman–Crippen MR) is 70.6 cm³/mol. The predicted octanol–water partition coefficient (Wildman–Crippen LogP) is 0.184. The zero-order chi connectivity index (χ0) is 14.0. The number of pyridine rings is 1. The van der Waals surface area contributed by atoms with Gasteiger partial charge in [0.25, 0.3) is 0 Å². The first kappa shape index (κ1) is 13.5. The van der Waals surface area contributed by atoms with Crippen molar-refractivity contribution in [3.8, 4) is 0 Å². The van der Waals surface area contributed by atoms with E-state index in [1.165, 1.54) is 18.3 Å². The van der Waals surface area contributed by atoms with Gasteiger partial charge in [-0.2, -0.15) is 5.10 Å². The van der Waals surface area contributed by atoms with Crippen LogP contribution in [0.3, 0.4) is 0 Å². The van der Waals surface area contributed by atoms with Gasteiger partial charge in [0.1, 0.15) is 10.7 Å². The van der Waals surface area contributed by atoms with Crippen LogP contribution in [0.15, 0.2) is 29.4 Å². The molecule has 2 aromatic heterocycles. The third-order valence-electron chi connectivity index (χ3n) is 2.88. The lowest BCUT2D eigenvalue weighted by atomic mass is 10.3. The van der Waals surface area contributed by atoms with Crippen molar-refractivity contribution >= 4 is 15.8 Å². The molecule has 19 heavy (non-hydrogen) atoms. The normalized spacial score (nSPS) is 11.7. The van der Waals surface area contributed by atoms with Gasteiger partial charge >= 0.3 is 0 Å². The van der Waals surface area contributed by atoms with E-state index >= 15 is 0 Å². The summed E-state index contributed by atoms with van der Waals surface area (Å²) in [5.41, 5.74) is 7.28. The molecule has 2 heterocycles. The quantitative estimate of drug-likeness (QED) is 0.832. The van der Waals surface area contributed by atoms with Gasteiger partial charge in [-0.1, -0.05) is 0 Å². The first-order valence-electron chi connectivity index (χ1n) is 5.59. The third-order valence-corrected chi connectivity index (χ3v) is 4.33. The Hall–Kier alpha value is -1.93. The standard InChI is InChI=1S/C11H15N5O2S/c1-8-9(6-14-16(8)2)7-15-19(17,18)10-4-3-5-13-11(10)12/h3-6,15H,7H2,1-2H3,(H2,12,13). The Morgan fingerprint density at radius 1 is 1.47 bits per heavy atom. The summed E-state index contributed by atoms with van der Waals surface area (Å²) in [6.45, 7) is 2.03. The topological polar surface area (TPSA) is 103 Å². The fourth-order valence-corrected chi connectivity index (χ4v) is 2.69. The monoisotopic (exact) mass is 281 g/mol. The number of rotatable bonds is 4. The molecule has 0 bridgehead atoms. The molecule has 0 saturated carbocycles. The number of hydrogen-bond acceptors (Lipinski definition) is 5. The van der Waals surface area contributed by atoms with Crippen molar-refractivity contribution < 1.29 is 8.42 Å². The van der Waals surface area contributed by atoms with Crippen molar-refractivity contribution in [1.29, 1.82) is 0 Å². The van der Waals surface area contributed by atoms with Gasteiger partial charge in [-0.05, 0) is 19.1 Å². The number of aryl methyl sites for hydroxylation is 1. The largest absolute Gasteiger partial charge is 0.383 e. The minimum absolute atomic E-state index is 0.0158. The number of nitrogen functional groups attached to an aromatic ring is 1. The van der Waals surface area contributed by atoms with E-state index < -0.39 is 10.0 Å². The molecule has 0 fully saturated rings. The minimum atomic E-state index is -3.67. The first-order valence-corrected chi connectivity index (χ1v) is 7.08. The van der Waals surface area contributed by atoms with Crippen LogP contribution in [0.4, 0.5) is 5.82 Å². The molecule has 0 radical (unpaired) electrons. The minimum Gasteiger partial charge on any atom is -0.383 e. The molecular formula is C11H15N5O2S. The summed E-state index contributed by atoms with van der Waals surface area (Å²) in [4.78, 5) is 3.75. The summed E-state index contributed by atoms with van der Waals surface area (Å²) >= 11 is 0. The fourth-order valence-electron chi connectivity index (χ4n) is 1.60. The van der Waals surface area contributed by atoms with Gasteiger partial charge in [0, 0.05) is 31.0 Å². The van der Waals surface area contributed by atoms with E-state index in [2.05, 4.69) is 14.8 Å². The van der Waals surface area contributed by atoms with Gasteiger partial charge < -0.3 is 5.73 Å². The molecule has 0 spiro atoms. The van der Waals surface area contributed by atoms with Crippen LogP contribution >= 0.6 is 0 Å². The summed E-state index contributed by atoms with van der Waals surface area (Å²) in [5.74, 6) is -0.0158. The van der Waals surface area contributed by atoms with Gasteiger partial charge in [0.15, 0.2) is 0 Å². The lowest BCUT2D eigenvalue weighted by molar-refractivity contribution is 0.581. The van der Waals surface area contributed by atoms with E-state index in [4.69, 9.17) is 5.73 Å². The van der Waals surface area contributed by atoms with Crippen molar-refractivity contribution in [3.63, 3.8) is 0 Å². The second-order valence-electron chi connectivity index (χ2n) is 4.09. The maximum absolute atomic E-state index is 12.1. The molecule has 0 unspecified atom stereocenters. The van der Waals surface area contributed by atoms with E-state index in [0.29, 0.717) is 0 Å². The lowest BCUT2D eigenvalue weighted by Gasteiger charge is -2.08. The average Bonchev–Trinajstić information content (AvgIpc) is 2.68. The van der Waals surface area contributed by atoms with Crippen LogP contribution in [0.1, 0.15) is 11.3 Å². The summed E-state index contributed by atoms with van der Waals surface area (Å²) in [7, 11) is -1.87. The lowest BCUT2D eigenvalue weighted by Crippen LogP contribution is -2.24. The molecule has 3 N–H and O–H groups in total. The maximum Gasteiger partial charge on any atom is 0.244 e. The fraction of sp³-hybridized carbons (Fsp3) is 0.273. The van der Waals surface area contributed by atoms with E-state index in [1.807, 2.05) is 6.92 Å². The third kappa shape index (κ3) is 2.74. The van der Waals surface area contributed by atoms with Gasteiger partial charge in [-0.3, -0.25) is 4.68 Å². The Kier molecular flexibility index (Phi) is 3.54. The van der Waals surface area contributed by atoms with Crippen LogP contribution in [0.5, 0.6) is 0 Å². The van der Waals surface area contributed by atoms with Crippen molar-refractivity contribution in [2.75, 3.05) is 5.73 Å². The second-order valence-corrected chi connectivity index (χ2v) is 5.83. The van der Waals surface area contributed by atoms with Crippen LogP contribution in [0.25, 0.3) is 0 Å². The highest BCUT2D eigenvalue weighted by Gasteiger charge is 2.18. The number of nitrogens with one attached hydrogen (secondary N) is 1. The molecule has 0 aliphatic rings. The Morgan fingerprint density at radius 3 is 2.79 bits per heavy atom. The molecule has 0 amide bonds. The molecule has 102 valence electrons. The Balaban J connectivity index is 2.19. The molecule has 2 rings (SSSR count). The van der Waals surface area contributed by atoms with Gasteiger partial charge in [0.2, 0.25) is 10.0 Å². The number of nitrogens with zero attached hydrogens (tertiary/aromatic N) is 3. The molecule has 0 atom stereocenters. The van der Waals surface area contributed by atoms with Crippen LogP contribution < -0.4 is 10.5 Å². The number of aromatic nitrogens is 3. The number of anilines is 1. The zero-order valence-corrected chi connectivity index (χ0v) is 11.5. The molecule has 0 aromatic carbocycles. The first-order chi connectivity index (χ1) is 8.92. The van der Waals surface area contributed by atoms with Crippen LogP contribution in [0.2, 0.25) is 0 Å². The smallest absolute Gasteiger partial charge is 0.244 e. The molecule has 2 aromatic rings. The Labute approximate surface area is 111 Å². The van der Waals surface area contributed by atoms with Gasteiger partial charge in [-0.15, -0.1) is 0 Å². The van der Waals surface area contributed by atoms with E-state index in [9.17, 15) is 8.42 Å². The number of nitrogens with two attached hydrogens (primary N) is 1. The summed E-state index contributed by atoms with van der Waals surface area (Å²) in [6, 6.07) is 2.95. The molecule has 7 nitrogen and oxygen atoms in total. The molecule has 8 heteroatoms. The van der Waals surface area contributed by atoms with Crippen molar-refractivity contribution in [1.82, 2.24) is 19.5 Å². The molecule has 0 aliphatic heterocycles. The van der Waals surface area contributed by atoms with Gasteiger partial charge in [-0.25, -0.2) is 18.1 Å². The zero-order valence-electron chi connectivity index (χ0n) is 10.7. The summed E-state index contributed by atoms with van der Waals surface area (Å²) in [6.07, 6.45) is 3.07. The average molecular weight is 281 g/mol. The van der Waals surface area contributed by atoms with E-state index in [1.54, 1.807) is 17.9 Å². The molecule has 0 saturated heterocycles. The second kappa shape index (κ2) is 4.98. The number of sulfonamides is 1. The van der Waals surface area contributed by atoms with Gasteiger partial charge in [0.05, 0.1) is 6.20 Å². The van der Waals surface area contributed by atoms with E-state index in [-0.39, 0.29) is 17.3 Å². The molecule has 0 aliphatic carbocycles. The highest BCUT2D eigenvalue weighted by Crippen LogP contribution is 2.15. The SMILES string of the molecule is Cc1c(CNS(=O)(=O)c2cccnc2N)cnn1C. The van der Waals surface area contributed by atoms with Crippen molar-refractivity contribution in [2.24, 2.45) is 7.05 Å². The van der Waals surface area contributed by atoms with Crippen LogP contribution in [-0.4, -0.2) is 23.2 Å². The summed E-state index contributed by atoms with van der Waals surface area (Å²) in [5, 5.41) is 4.05. The summed E-state index contributed by atoms with van der Waals surface area (Å²) < 4.78 is 28.3. The highest BCUT2D eigenvalue weighted by molar-refractivity contribution is 7.89. The van der Waals surface area contributed by atoms with E-state index in [0.717, 1.165) is 11.3 Å². The van der Waals surface area contributed by atoms with Crippen molar-refractivity contribution in [3.05, 3.63) is 35.8 Å². The van der Waals surface area contributed by atoms with Crippen LogP contribution in [-0.2, 0) is 23.6 Å². The maximum atomic E-state index is 12.1. The highest BCUT2D eigenvalue weighted by atomic mass is 32.2.